The highest BCUT2D eigenvalue weighted by Gasteiger charge is 2.45. The van der Waals surface area contributed by atoms with E-state index in [0.29, 0.717) is 18.4 Å². The Kier molecular flexibility index (Phi) is 6.49. The van der Waals surface area contributed by atoms with E-state index >= 15 is 0 Å². The number of carbonyl (C=O) groups excluding carboxylic acids is 1. The van der Waals surface area contributed by atoms with E-state index < -0.39 is 0 Å². The molecule has 0 radical (unpaired) electrons. The van der Waals surface area contributed by atoms with Gasteiger partial charge in [0.2, 0.25) is 5.91 Å². The molecule has 3 nitrogen and oxygen atoms in total. The van der Waals surface area contributed by atoms with Gasteiger partial charge < -0.3 is 11.1 Å². The van der Waals surface area contributed by atoms with Crippen LogP contribution in [0.5, 0.6) is 0 Å². The van der Waals surface area contributed by atoms with Gasteiger partial charge in [-0.05, 0) is 49.1 Å². The van der Waals surface area contributed by atoms with Gasteiger partial charge >= 0.3 is 0 Å². The van der Waals surface area contributed by atoms with Crippen molar-refractivity contribution >= 4 is 18.3 Å². The van der Waals surface area contributed by atoms with Gasteiger partial charge in [0.15, 0.2) is 0 Å². The lowest BCUT2D eigenvalue weighted by molar-refractivity contribution is -0.123. The largest absolute Gasteiger partial charge is 0.352 e. The Morgan fingerprint density at radius 1 is 1.26 bits per heavy atom. The van der Waals surface area contributed by atoms with E-state index in [0.717, 1.165) is 6.42 Å². The molecule has 1 aromatic carbocycles. The van der Waals surface area contributed by atoms with Gasteiger partial charge in [-0.3, -0.25) is 4.79 Å². The van der Waals surface area contributed by atoms with Crippen molar-refractivity contribution in [2.24, 2.45) is 17.6 Å². The van der Waals surface area contributed by atoms with E-state index in [-0.39, 0.29) is 30.3 Å². The Morgan fingerprint density at radius 3 is 2.61 bits per heavy atom. The van der Waals surface area contributed by atoms with Crippen LogP contribution in [0.4, 0.5) is 0 Å². The SMILES string of the molecule is Cc1ccccc1C1CC1C(=O)NC(CN)C1CCCCC1.Cl. The summed E-state index contributed by atoms with van der Waals surface area (Å²) in [6, 6.07) is 8.60. The fraction of sp³-hybridized carbons (Fsp3) is 0.632. The average Bonchev–Trinajstić information content (AvgIpc) is 3.34. The molecule has 4 heteroatoms. The molecule has 3 atom stereocenters. The number of hydrogen-bond acceptors (Lipinski definition) is 2. The lowest BCUT2D eigenvalue weighted by atomic mass is 9.84. The van der Waals surface area contributed by atoms with Crippen molar-refractivity contribution in [2.45, 2.75) is 57.4 Å². The molecule has 0 spiro atoms. The summed E-state index contributed by atoms with van der Waals surface area (Å²) >= 11 is 0. The van der Waals surface area contributed by atoms with Crippen molar-refractivity contribution in [3.8, 4) is 0 Å². The van der Waals surface area contributed by atoms with Crippen LogP contribution < -0.4 is 11.1 Å². The van der Waals surface area contributed by atoms with Crippen LogP contribution in [0.15, 0.2) is 24.3 Å². The Hall–Kier alpha value is -1.06. The Morgan fingerprint density at radius 2 is 1.96 bits per heavy atom. The van der Waals surface area contributed by atoms with Crippen molar-refractivity contribution in [3.05, 3.63) is 35.4 Å². The van der Waals surface area contributed by atoms with E-state index in [1.54, 1.807) is 0 Å². The molecule has 0 bridgehead atoms. The zero-order chi connectivity index (χ0) is 15.5. The van der Waals surface area contributed by atoms with Gasteiger partial charge in [0, 0.05) is 18.5 Å². The van der Waals surface area contributed by atoms with Crippen LogP contribution in [0.1, 0.15) is 55.6 Å². The Bertz CT molecular complexity index is 528. The van der Waals surface area contributed by atoms with Gasteiger partial charge in [-0.1, -0.05) is 43.5 Å². The summed E-state index contributed by atoms with van der Waals surface area (Å²) in [5.41, 5.74) is 8.56. The second kappa shape index (κ2) is 8.16. The third-order valence-corrected chi connectivity index (χ3v) is 5.52. The van der Waals surface area contributed by atoms with Gasteiger partial charge in [-0.25, -0.2) is 0 Å². The monoisotopic (exact) mass is 336 g/mol. The minimum absolute atomic E-state index is 0. The molecule has 2 aliphatic rings. The van der Waals surface area contributed by atoms with E-state index in [4.69, 9.17) is 5.73 Å². The molecule has 0 aromatic heterocycles. The first-order chi connectivity index (χ1) is 10.7. The van der Waals surface area contributed by atoms with Crippen molar-refractivity contribution in [2.75, 3.05) is 6.54 Å². The molecule has 2 saturated carbocycles. The lowest BCUT2D eigenvalue weighted by Crippen LogP contribution is -2.46. The van der Waals surface area contributed by atoms with E-state index in [2.05, 4.69) is 36.5 Å². The second-order valence-electron chi connectivity index (χ2n) is 7.05. The highest BCUT2D eigenvalue weighted by molar-refractivity contribution is 5.85. The topological polar surface area (TPSA) is 55.1 Å². The summed E-state index contributed by atoms with van der Waals surface area (Å²) in [7, 11) is 0. The number of nitrogens with one attached hydrogen (secondary N) is 1. The molecule has 2 fully saturated rings. The van der Waals surface area contributed by atoms with E-state index in [1.807, 2.05) is 0 Å². The molecule has 1 amide bonds. The van der Waals surface area contributed by atoms with Gasteiger partial charge in [-0.15, -0.1) is 12.4 Å². The molecule has 2 aliphatic carbocycles. The second-order valence-corrected chi connectivity index (χ2v) is 7.05. The average molecular weight is 337 g/mol. The number of nitrogens with two attached hydrogens (primary N) is 1. The summed E-state index contributed by atoms with van der Waals surface area (Å²) in [5.74, 6) is 1.36. The van der Waals surface area contributed by atoms with Crippen LogP contribution in [0.3, 0.4) is 0 Å². The predicted octanol–water partition coefficient (Wildman–Crippen LogP) is 3.54. The third kappa shape index (κ3) is 4.27. The molecule has 1 aromatic rings. The number of rotatable bonds is 5. The first kappa shape index (κ1) is 18.3. The van der Waals surface area contributed by atoms with Gasteiger partial charge in [-0.2, -0.15) is 0 Å². The molecule has 3 unspecified atom stereocenters. The number of benzene rings is 1. The summed E-state index contributed by atoms with van der Waals surface area (Å²) in [4.78, 5) is 12.5. The number of carbonyl (C=O) groups is 1. The van der Waals surface area contributed by atoms with Crippen LogP contribution in [-0.2, 0) is 4.79 Å². The summed E-state index contributed by atoms with van der Waals surface area (Å²) in [6.45, 7) is 2.70. The fourth-order valence-corrected chi connectivity index (χ4v) is 4.03. The van der Waals surface area contributed by atoms with Crippen molar-refractivity contribution in [1.29, 1.82) is 0 Å². The minimum Gasteiger partial charge on any atom is -0.352 e. The fourth-order valence-electron chi connectivity index (χ4n) is 4.03. The van der Waals surface area contributed by atoms with Crippen molar-refractivity contribution in [1.82, 2.24) is 5.32 Å². The summed E-state index contributed by atoms with van der Waals surface area (Å²) in [5, 5.41) is 3.25. The van der Waals surface area contributed by atoms with Gasteiger partial charge in [0.1, 0.15) is 0 Å². The Labute approximate surface area is 145 Å². The first-order valence-corrected chi connectivity index (χ1v) is 8.76. The lowest BCUT2D eigenvalue weighted by Gasteiger charge is -2.30. The molecule has 23 heavy (non-hydrogen) atoms. The molecule has 128 valence electrons. The van der Waals surface area contributed by atoms with Gasteiger partial charge in [0.05, 0.1) is 0 Å². The number of halogens is 1. The first-order valence-electron chi connectivity index (χ1n) is 8.76. The molecule has 3 rings (SSSR count). The highest BCUT2D eigenvalue weighted by atomic mass is 35.5. The van der Waals surface area contributed by atoms with Crippen LogP contribution in [0.25, 0.3) is 0 Å². The molecule has 3 N–H and O–H groups in total. The minimum atomic E-state index is 0. The van der Waals surface area contributed by atoms with Crippen LogP contribution in [0, 0.1) is 18.8 Å². The van der Waals surface area contributed by atoms with Crippen LogP contribution in [0.2, 0.25) is 0 Å². The van der Waals surface area contributed by atoms with E-state index in [1.165, 1.54) is 43.2 Å². The Balaban J connectivity index is 0.00000192. The summed E-state index contributed by atoms with van der Waals surface area (Å²) in [6.07, 6.45) is 7.32. The highest BCUT2D eigenvalue weighted by Crippen LogP contribution is 2.48. The van der Waals surface area contributed by atoms with Crippen LogP contribution >= 0.6 is 12.4 Å². The smallest absolute Gasteiger partial charge is 0.224 e. The number of hydrogen-bond donors (Lipinski definition) is 2. The zero-order valence-electron chi connectivity index (χ0n) is 14.0. The molecular weight excluding hydrogens is 308 g/mol. The summed E-state index contributed by atoms with van der Waals surface area (Å²) < 4.78 is 0. The van der Waals surface area contributed by atoms with Crippen molar-refractivity contribution < 1.29 is 4.79 Å². The maximum absolute atomic E-state index is 12.5. The van der Waals surface area contributed by atoms with Crippen molar-refractivity contribution in [3.63, 3.8) is 0 Å². The molecule has 0 aliphatic heterocycles. The predicted molar refractivity (Wildman–Crippen MR) is 96.8 cm³/mol. The number of aryl methyl sites for hydroxylation is 1. The molecule has 0 heterocycles. The molecule has 0 saturated heterocycles. The number of amides is 1. The van der Waals surface area contributed by atoms with E-state index in [9.17, 15) is 4.79 Å². The normalized spacial score (nSPS) is 25.3. The maximum Gasteiger partial charge on any atom is 0.224 e. The zero-order valence-corrected chi connectivity index (χ0v) is 14.8. The quantitative estimate of drug-likeness (QED) is 0.864. The maximum atomic E-state index is 12.5. The third-order valence-electron chi connectivity index (χ3n) is 5.52. The van der Waals surface area contributed by atoms with Gasteiger partial charge in [0.25, 0.3) is 0 Å². The standard InChI is InChI=1S/C19H28N2O.ClH/c1-13-7-5-6-10-15(13)16-11-17(16)19(22)21-18(12-20)14-8-3-2-4-9-14;/h5-7,10,14,16-18H,2-4,8-9,11-12,20H2,1H3,(H,21,22);1H. The van der Waals surface area contributed by atoms with Crippen LogP contribution in [-0.4, -0.2) is 18.5 Å². The molecular formula is C19H29ClN2O.